The Morgan fingerprint density at radius 2 is 1.84 bits per heavy atom. The molecule has 2 atom stereocenters. The lowest BCUT2D eigenvalue weighted by Crippen LogP contribution is -2.49. The summed E-state index contributed by atoms with van der Waals surface area (Å²) in [5.41, 5.74) is 0.526. The van der Waals surface area contributed by atoms with Crippen LogP contribution in [0.4, 0.5) is 9.18 Å². The molecule has 31 heavy (non-hydrogen) atoms. The van der Waals surface area contributed by atoms with Crippen molar-refractivity contribution in [3.8, 4) is 5.75 Å². The zero-order chi connectivity index (χ0) is 22.6. The molecule has 1 aliphatic rings. The molecule has 1 saturated heterocycles. The fourth-order valence-electron chi connectivity index (χ4n) is 3.80. The van der Waals surface area contributed by atoms with Crippen LogP contribution < -0.4 is 9.46 Å². The second-order valence-electron chi connectivity index (χ2n) is 7.68. The van der Waals surface area contributed by atoms with E-state index in [4.69, 9.17) is 9.47 Å². The highest BCUT2D eigenvalue weighted by Gasteiger charge is 2.43. The summed E-state index contributed by atoms with van der Waals surface area (Å²) < 4.78 is 50.0. The van der Waals surface area contributed by atoms with Crippen LogP contribution in [0.3, 0.4) is 0 Å². The molecule has 1 fully saturated rings. The molecular formula is C22H27FN2O5S. The number of methoxy groups -OCH3 is 1. The van der Waals surface area contributed by atoms with Gasteiger partial charge in [0.2, 0.25) is 10.0 Å². The first-order valence-electron chi connectivity index (χ1n) is 9.98. The summed E-state index contributed by atoms with van der Waals surface area (Å²) in [7, 11) is -1.80. The minimum atomic E-state index is -3.39. The number of cyclic esters (lactones) is 1. The maximum atomic E-state index is 13.5. The van der Waals surface area contributed by atoms with E-state index >= 15 is 0 Å². The molecule has 168 valence electrons. The number of carbonyl (C=O) groups excluding carboxylic acids is 1. The number of hydrogen-bond acceptors (Lipinski definition) is 5. The summed E-state index contributed by atoms with van der Waals surface area (Å²) in [4.78, 5) is 14.6. The fraction of sp³-hybridized carbons (Fsp3) is 0.409. The van der Waals surface area contributed by atoms with Crippen molar-refractivity contribution in [1.29, 1.82) is 0 Å². The second kappa shape index (κ2) is 9.23. The van der Waals surface area contributed by atoms with E-state index in [0.717, 1.165) is 17.6 Å². The van der Waals surface area contributed by atoms with Crippen LogP contribution >= 0.6 is 0 Å². The van der Waals surface area contributed by atoms with Crippen molar-refractivity contribution in [3.05, 3.63) is 65.5 Å². The average molecular weight is 451 g/mol. The largest absolute Gasteiger partial charge is 0.497 e. The molecule has 9 heteroatoms. The van der Waals surface area contributed by atoms with Crippen molar-refractivity contribution in [1.82, 2.24) is 9.62 Å². The smallest absolute Gasteiger partial charge is 0.411 e. The number of nitrogens with zero attached hydrogens (tertiary/aromatic N) is 1. The van der Waals surface area contributed by atoms with Gasteiger partial charge in [0.05, 0.1) is 19.4 Å². The van der Waals surface area contributed by atoms with Gasteiger partial charge in [-0.2, -0.15) is 0 Å². The predicted octanol–water partition coefficient (Wildman–Crippen LogP) is 3.57. The number of halogens is 1. The number of ether oxygens (including phenoxy) is 2. The molecule has 0 aromatic heterocycles. The summed E-state index contributed by atoms with van der Waals surface area (Å²) in [6.45, 7) is 2.42. The minimum absolute atomic E-state index is 0.0948. The van der Waals surface area contributed by atoms with Gasteiger partial charge in [-0.05, 0) is 42.3 Å². The van der Waals surface area contributed by atoms with E-state index in [0.29, 0.717) is 18.5 Å². The number of amides is 1. The van der Waals surface area contributed by atoms with Gasteiger partial charge < -0.3 is 14.4 Å². The SMILES string of the molecule is COc1ccc(C(C)N2CCC(CCNS(C)(=O)=O)(c3ccc(F)cc3)OC2=O)cc1. The number of nitrogens with one attached hydrogen (secondary N) is 1. The van der Waals surface area contributed by atoms with Crippen LogP contribution in [0.15, 0.2) is 48.5 Å². The summed E-state index contributed by atoms with van der Waals surface area (Å²) in [6, 6.07) is 13.0. The Balaban J connectivity index is 1.81. The molecule has 1 aliphatic heterocycles. The average Bonchev–Trinajstić information content (AvgIpc) is 2.73. The highest BCUT2D eigenvalue weighted by Crippen LogP contribution is 2.39. The monoisotopic (exact) mass is 450 g/mol. The van der Waals surface area contributed by atoms with Gasteiger partial charge in [-0.15, -0.1) is 0 Å². The van der Waals surface area contributed by atoms with Crippen LogP contribution in [0.5, 0.6) is 5.75 Å². The van der Waals surface area contributed by atoms with Crippen molar-refractivity contribution < 1.29 is 27.1 Å². The van der Waals surface area contributed by atoms with Crippen molar-refractivity contribution in [2.75, 3.05) is 26.5 Å². The molecule has 3 rings (SSSR count). The van der Waals surface area contributed by atoms with E-state index in [1.807, 2.05) is 31.2 Å². The van der Waals surface area contributed by atoms with Crippen molar-refractivity contribution >= 4 is 16.1 Å². The molecule has 2 aromatic rings. The molecule has 0 saturated carbocycles. The fourth-order valence-corrected chi connectivity index (χ4v) is 4.27. The Hall–Kier alpha value is -2.65. The number of benzene rings is 2. The number of carbonyl (C=O) groups is 1. The Labute approximate surface area is 182 Å². The van der Waals surface area contributed by atoms with Crippen LogP contribution in [-0.4, -0.2) is 45.9 Å². The molecule has 0 bridgehead atoms. The van der Waals surface area contributed by atoms with Gasteiger partial charge in [0.15, 0.2) is 0 Å². The summed E-state index contributed by atoms with van der Waals surface area (Å²) in [5.74, 6) is 0.330. The van der Waals surface area contributed by atoms with Crippen molar-refractivity contribution in [3.63, 3.8) is 0 Å². The lowest BCUT2D eigenvalue weighted by Gasteiger charge is -2.43. The molecule has 7 nitrogen and oxygen atoms in total. The first-order valence-corrected chi connectivity index (χ1v) is 11.9. The Morgan fingerprint density at radius 1 is 1.19 bits per heavy atom. The molecule has 0 spiro atoms. The quantitative estimate of drug-likeness (QED) is 0.665. The van der Waals surface area contributed by atoms with E-state index in [-0.39, 0.29) is 19.0 Å². The molecule has 0 radical (unpaired) electrons. The van der Waals surface area contributed by atoms with Crippen LogP contribution in [0.1, 0.15) is 36.9 Å². The predicted molar refractivity (Wildman–Crippen MR) is 115 cm³/mol. The van der Waals surface area contributed by atoms with Crippen molar-refractivity contribution in [2.45, 2.75) is 31.4 Å². The third-order valence-corrected chi connectivity index (χ3v) is 6.33. The van der Waals surface area contributed by atoms with E-state index in [9.17, 15) is 17.6 Å². The minimum Gasteiger partial charge on any atom is -0.497 e. The third-order valence-electron chi connectivity index (χ3n) is 5.60. The second-order valence-corrected chi connectivity index (χ2v) is 9.51. The number of rotatable bonds is 8. The van der Waals surface area contributed by atoms with Gasteiger partial charge >= 0.3 is 6.09 Å². The van der Waals surface area contributed by atoms with E-state index < -0.39 is 27.5 Å². The maximum absolute atomic E-state index is 13.5. The van der Waals surface area contributed by atoms with Gasteiger partial charge in [-0.1, -0.05) is 24.3 Å². The molecule has 1 N–H and O–H groups in total. The van der Waals surface area contributed by atoms with Crippen molar-refractivity contribution in [2.24, 2.45) is 0 Å². The normalized spacial score (nSPS) is 20.3. The van der Waals surface area contributed by atoms with E-state index in [1.165, 1.54) is 12.1 Å². The van der Waals surface area contributed by atoms with E-state index in [1.54, 1.807) is 24.1 Å². The van der Waals surface area contributed by atoms with Crippen LogP contribution in [0.25, 0.3) is 0 Å². The molecular weight excluding hydrogens is 423 g/mol. The Kier molecular flexibility index (Phi) is 6.86. The van der Waals surface area contributed by atoms with E-state index in [2.05, 4.69) is 4.72 Å². The standard InChI is InChI=1S/C22H27FN2O5S/c1-16(17-4-10-20(29-2)11-5-17)25-15-13-22(30-21(25)26,12-14-24-31(3,27)28)18-6-8-19(23)9-7-18/h4-11,16,24H,12-15H2,1-3H3. The summed E-state index contributed by atoms with van der Waals surface area (Å²) >= 11 is 0. The van der Waals surface area contributed by atoms with Crippen LogP contribution in [0, 0.1) is 5.82 Å². The number of hydrogen-bond donors (Lipinski definition) is 1. The number of sulfonamides is 1. The molecule has 1 amide bonds. The molecule has 2 aromatic carbocycles. The lowest BCUT2D eigenvalue weighted by atomic mass is 9.85. The molecule has 2 unspecified atom stereocenters. The summed E-state index contributed by atoms with van der Waals surface area (Å²) in [5, 5.41) is 0. The third kappa shape index (κ3) is 5.54. The zero-order valence-electron chi connectivity index (χ0n) is 17.8. The highest BCUT2D eigenvalue weighted by atomic mass is 32.2. The topological polar surface area (TPSA) is 84.9 Å². The Morgan fingerprint density at radius 3 is 2.39 bits per heavy atom. The molecule has 0 aliphatic carbocycles. The first kappa shape index (κ1) is 23.0. The van der Waals surface area contributed by atoms with Gasteiger partial charge in [0.25, 0.3) is 0 Å². The van der Waals surface area contributed by atoms with Crippen LogP contribution in [0.2, 0.25) is 0 Å². The maximum Gasteiger partial charge on any atom is 0.411 e. The highest BCUT2D eigenvalue weighted by molar-refractivity contribution is 7.88. The first-order chi connectivity index (χ1) is 14.6. The summed E-state index contributed by atoms with van der Waals surface area (Å²) in [6.07, 6.45) is 1.25. The van der Waals surface area contributed by atoms with Gasteiger partial charge in [0.1, 0.15) is 17.2 Å². The Bertz CT molecular complexity index is 1010. The van der Waals surface area contributed by atoms with Crippen LogP contribution in [-0.2, 0) is 20.4 Å². The van der Waals surface area contributed by atoms with Gasteiger partial charge in [0, 0.05) is 25.9 Å². The van der Waals surface area contributed by atoms with Gasteiger partial charge in [-0.3, -0.25) is 0 Å². The zero-order valence-corrected chi connectivity index (χ0v) is 18.6. The molecule has 1 heterocycles. The lowest BCUT2D eigenvalue weighted by molar-refractivity contribution is -0.0644. The van der Waals surface area contributed by atoms with Gasteiger partial charge in [-0.25, -0.2) is 22.3 Å².